The van der Waals surface area contributed by atoms with E-state index in [0.717, 1.165) is 0 Å². The number of hydrogen-bond donors (Lipinski definition) is 0. The summed E-state index contributed by atoms with van der Waals surface area (Å²) in [6, 6.07) is 0. The zero-order valence-electron chi connectivity index (χ0n) is 5.73. The third-order valence-electron chi connectivity index (χ3n) is 0.883. The zero-order valence-corrected chi connectivity index (χ0v) is 5.73. The highest BCUT2D eigenvalue weighted by Crippen LogP contribution is 2.05. The molecule has 0 rings (SSSR count). The average Bonchev–Trinajstić information content (AvgIpc) is 1.67. The van der Waals surface area contributed by atoms with Crippen LogP contribution in [0.25, 0.3) is 0 Å². The minimum Gasteiger partial charge on any atom is -0.373 e. The quantitative estimate of drug-likeness (QED) is 0.546. The predicted molar refractivity (Wildman–Crippen MR) is 31.3 cm³/mol. The predicted octanol–water partition coefficient (Wildman–Crippen LogP) is 1.23. The molecule has 1 radical (unpaired) electrons. The Morgan fingerprint density at radius 2 is 2.00 bits per heavy atom. The largest absolute Gasteiger partial charge is 0.373 e. The Labute approximate surface area is 50.5 Å². The van der Waals surface area contributed by atoms with Crippen LogP contribution in [0, 0.1) is 0 Å². The van der Waals surface area contributed by atoms with Gasteiger partial charge in [-0.25, -0.2) is 5.11 Å². The Bertz CT molecular complexity index is 59.5. The molecular formula is C6H13O2. The second-order valence-corrected chi connectivity index (χ2v) is 2.34. The van der Waals surface area contributed by atoms with Crippen molar-refractivity contribution in [2.24, 2.45) is 0 Å². The third kappa shape index (κ3) is 2.99. The molecule has 0 aromatic rings. The first-order valence-corrected chi connectivity index (χ1v) is 2.84. The second-order valence-electron chi connectivity index (χ2n) is 2.34. The molecule has 0 fully saturated rings. The van der Waals surface area contributed by atoms with Crippen molar-refractivity contribution >= 4 is 0 Å². The molecule has 0 aliphatic carbocycles. The van der Waals surface area contributed by atoms with Crippen LogP contribution in [0.3, 0.4) is 0 Å². The molecule has 0 N–H and O–H groups in total. The van der Waals surface area contributed by atoms with Gasteiger partial charge in [-0.15, -0.1) is 0 Å². The van der Waals surface area contributed by atoms with Crippen LogP contribution in [0.2, 0.25) is 0 Å². The molecule has 0 aliphatic heterocycles. The van der Waals surface area contributed by atoms with Gasteiger partial charge in [-0.05, 0) is 20.8 Å². The van der Waals surface area contributed by atoms with Crippen LogP contribution in [0.4, 0.5) is 0 Å². The lowest BCUT2D eigenvalue weighted by Crippen LogP contribution is -2.27. The maximum Gasteiger partial charge on any atom is 0.111 e. The van der Waals surface area contributed by atoms with Gasteiger partial charge in [-0.2, -0.15) is 0 Å². The topological polar surface area (TPSA) is 29.1 Å². The van der Waals surface area contributed by atoms with Gasteiger partial charge >= 0.3 is 0 Å². The molecule has 0 saturated carbocycles. The van der Waals surface area contributed by atoms with E-state index in [4.69, 9.17) is 4.74 Å². The SMILES string of the molecule is CCOC(C)(C)C[O]. The minimum atomic E-state index is -0.464. The van der Waals surface area contributed by atoms with Gasteiger partial charge in [0.2, 0.25) is 0 Å². The van der Waals surface area contributed by atoms with Crippen LogP contribution in [-0.2, 0) is 9.84 Å². The van der Waals surface area contributed by atoms with E-state index < -0.39 is 5.60 Å². The lowest BCUT2D eigenvalue weighted by atomic mass is 10.2. The molecule has 0 spiro atoms. The van der Waals surface area contributed by atoms with Crippen LogP contribution >= 0.6 is 0 Å². The molecule has 0 atom stereocenters. The van der Waals surface area contributed by atoms with Gasteiger partial charge in [-0.3, -0.25) is 0 Å². The average molecular weight is 117 g/mol. The fraction of sp³-hybridized carbons (Fsp3) is 1.00. The van der Waals surface area contributed by atoms with Gasteiger partial charge in [0.05, 0.1) is 5.60 Å². The molecule has 49 valence electrons. The first-order valence-electron chi connectivity index (χ1n) is 2.84. The van der Waals surface area contributed by atoms with Gasteiger partial charge in [-0.1, -0.05) is 0 Å². The van der Waals surface area contributed by atoms with Crippen LogP contribution < -0.4 is 0 Å². The third-order valence-corrected chi connectivity index (χ3v) is 0.883. The van der Waals surface area contributed by atoms with Crippen molar-refractivity contribution in [3.8, 4) is 0 Å². The summed E-state index contributed by atoms with van der Waals surface area (Å²) in [6.45, 7) is 5.93. The molecule has 0 unspecified atom stereocenters. The van der Waals surface area contributed by atoms with Crippen LogP contribution in [0.15, 0.2) is 0 Å². The summed E-state index contributed by atoms with van der Waals surface area (Å²) in [5.41, 5.74) is -0.464. The van der Waals surface area contributed by atoms with Crippen LogP contribution in [0.1, 0.15) is 20.8 Å². The highest BCUT2D eigenvalue weighted by atomic mass is 16.5. The summed E-state index contributed by atoms with van der Waals surface area (Å²) in [4.78, 5) is 0. The fourth-order valence-corrected chi connectivity index (χ4v) is 0.432. The first kappa shape index (κ1) is 7.92. The van der Waals surface area contributed by atoms with Gasteiger partial charge in [0.25, 0.3) is 0 Å². The molecule has 2 heteroatoms. The van der Waals surface area contributed by atoms with Crippen LogP contribution in [-0.4, -0.2) is 18.8 Å². The van der Waals surface area contributed by atoms with E-state index in [1.165, 1.54) is 0 Å². The highest BCUT2D eigenvalue weighted by Gasteiger charge is 2.15. The lowest BCUT2D eigenvalue weighted by Gasteiger charge is -2.19. The molecule has 2 nitrogen and oxygen atoms in total. The Morgan fingerprint density at radius 1 is 1.50 bits per heavy atom. The van der Waals surface area contributed by atoms with Crippen molar-refractivity contribution in [2.45, 2.75) is 26.4 Å². The smallest absolute Gasteiger partial charge is 0.111 e. The summed E-state index contributed by atoms with van der Waals surface area (Å²) in [5, 5.41) is 10.2. The number of ether oxygens (including phenoxy) is 1. The van der Waals surface area contributed by atoms with E-state index in [1.54, 1.807) is 13.8 Å². The first-order chi connectivity index (χ1) is 3.62. The standard InChI is InChI=1S/C6H13O2/c1-4-8-6(2,3)5-7/h4-5H2,1-3H3. The van der Waals surface area contributed by atoms with Gasteiger partial charge in [0.15, 0.2) is 0 Å². The summed E-state index contributed by atoms with van der Waals surface area (Å²) >= 11 is 0. The Kier molecular flexibility index (Phi) is 3.02. The van der Waals surface area contributed by atoms with E-state index >= 15 is 0 Å². The Morgan fingerprint density at radius 3 is 2.12 bits per heavy atom. The number of hydrogen-bond acceptors (Lipinski definition) is 1. The van der Waals surface area contributed by atoms with E-state index in [-0.39, 0.29) is 6.61 Å². The normalized spacial score (nSPS) is 12.0. The van der Waals surface area contributed by atoms with E-state index in [1.807, 2.05) is 6.92 Å². The molecular weight excluding hydrogens is 104 g/mol. The van der Waals surface area contributed by atoms with Crippen molar-refractivity contribution in [3.05, 3.63) is 0 Å². The van der Waals surface area contributed by atoms with Gasteiger partial charge in [0.1, 0.15) is 6.61 Å². The molecule has 0 amide bonds. The maximum atomic E-state index is 10.2. The molecule has 0 aliphatic rings. The molecule has 0 aromatic carbocycles. The van der Waals surface area contributed by atoms with Crippen molar-refractivity contribution in [1.82, 2.24) is 0 Å². The molecule has 0 aromatic heterocycles. The minimum absolute atomic E-state index is 0.166. The van der Waals surface area contributed by atoms with Crippen molar-refractivity contribution in [3.63, 3.8) is 0 Å². The lowest BCUT2D eigenvalue weighted by molar-refractivity contribution is -0.0662. The zero-order chi connectivity index (χ0) is 6.62. The summed E-state index contributed by atoms with van der Waals surface area (Å²) < 4.78 is 5.07. The second kappa shape index (κ2) is 3.05. The maximum absolute atomic E-state index is 10.2. The summed E-state index contributed by atoms with van der Waals surface area (Å²) in [7, 11) is 0. The summed E-state index contributed by atoms with van der Waals surface area (Å²) in [6.07, 6.45) is 0. The highest BCUT2D eigenvalue weighted by molar-refractivity contribution is 4.64. The molecule has 8 heavy (non-hydrogen) atoms. The van der Waals surface area contributed by atoms with Gasteiger partial charge in [0, 0.05) is 6.61 Å². The number of rotatable bonds is 3. The van der Waals surface area contributed by atoms with Crippen molar-refractivity contribution in [2.75, 3.05) is 13.2 Å². The summed E-state index contributed by atoms with van der Waals surface area (Å²) in [5.74, 6) is 0. The van der Waals surface area contributed by atoms with Crippen LogP contribution in [0.5, 0.6) is 0 Å². The van der Waals surface area contributed by atoms with E-state index in [9.17, 15) is 5.11 Å². The van der Waals surface area contributed by atoms with Crippen molar-refractivity contribution < 1.29 is 9.84 Å². The fourth-order valence-electron chi connectivity index (χ4n) is 0.432. The van der Waals surface area contributed by atoms with E-state index in [2.05, 4.69) is 0 Å². The van der Waals surface area contributed by atoms with Crippen molar-refractivity contribution in [1.29, 1.82) is 0 Å². The van der Waals surface area contributed by atoms with Gasteiger partial charge < -0.3 is 4.74 Å². The van der Waals surface area contributed by atoms with E-state index in [0.29, 0.717) is 6.61 Å². The molecule has 0 heterocycles. The monoisotopic (exact) mass is 117 g/mol. The Balaban J connectivity index is 3.37. The molecule has 0 bridgehead atoms. The Hall–Kier alpha value is -0.0800. The molecule has 0 saturated heterocycles.